The molecular weight excluding hydrogens is 389 g/mol. The first-order valence-electron chi connectivity index (χ1n) is 9.46. The minimum absolute atomic E-state index is 0.250. The number of amides is 1. The van der Waals surface area contributed by atoms with Crippen LogP contribution < -0.4 is 0 Å². The van der Waals surface area contributed by atoms with Crippen LogP contribution in [0.4, 0.5) is 13.2 Å². The molecule has 0 bridgehead atoms. The van der Waals surface area contributed by atoms with Gasteiger partial charge in [-0.2, -0.15) is 13.2 Å². The highest BCUT2D eigenvalue weighted by Gasteiger charge is 2.42. The van der Waals surface area contributed by atoms with E-state index in [1.807, 2.05) is 35.2 Å². The van der Waals surface area contributed by atoms with E-state index in [0.717, 1.165) is 38.2 Å². The Kier molecular flexibility index (Phi) is 8.04. The van der Waals surface area contributed by atoms with E-state index < -0.39 is 12.1 Å². The summed E-state index contributed by atoms with van der Waals surface area (Å²) < 4.78 is 37.7. The molecule has 9 heteroatoms. The number of likely N-dealkylation sites (N-methyl/N-ethyl adjacent to an activating group) is 1. The van der Waals surface area contributed by atoms with Gasteiger partial charge in [0.15, 0.2) is 0 Å². The number of carbonyl (C=O) groups excluding carboxylic acids is 1. The molecule has 3 atom stereocenters. The van der Waals surface area contributed by atoms with Crippen molar-refractivity contribution >= 4 is 11.9 Å². The number of benzene rings is 1. The highest BCUT2D eigenvalue weighted by molar-refractivity contribution is 5.78. The number of hydrogen-bond acceptors (Lipinski definition) is 4. The molecule has 1 aromatic carbocycles. The van der Waals surface area contributed by atoms with E-state index in [1.54, 1.807) is 0 Å². The molecule has 0 spiro atoms. The van der Waals surface area contributed by atoms with Gasteiger partial charge in [0.1, 0.15) is 0 Å². The van der Waals surface area contributed by atoms with Gasteiger partial charge in [0.2, 0.25) is 5.91 Å². The zero-order valence-corrected chi connectivity index (χ0v) is 16.6. The largest absolute Gasteiger partial charge is 0.490 e. The summed E-state index contributed by atoms with van der Waals surface area (Å²) in [5.74, 6) is -1.38. The molecule has 6 nitrogen and oxygen atoms in total. The first-order valence-corrected chi connectivity index (χ1v) is 9.46. The van der Waals surface area contributed by atoms with Gasteiger partial charge in [-0.3, -0.25) is 4.79 Å². The fourth-order valence-electron chi connectivity index (χ4n) is 3.69. The molecule has 0 aromatic heterocycles. The molecule has 0 radical (unpaired) electrons. The number of likely N-dealkylation sites (tertiary alicyclic amines) is 1. The Morgan fingerprint density at radius 1 is 1.24 bits per heavy atom. The summed E-state index contributed by atoms with van der Waals surface area (Å²) in [5.41, 5.74) is 1.10. The van der Waals surface area contributed by atoms with E-state index in [1.165, 1.54) is 0 Å². The zero-order chi connectivity index (χ0) is 21.6. The number of halogens is 3. The lowest BCUT2D eigenvalue weighted by Gasteiger charge is -2.36. The quantitative estimate of drug-likeness (QED) is 0.816. The normalized spacial score (nSPS) is 23.9. The molecule has 0 saturated carbocycles. The predicted molar refractivity (Wildman–Crippen MR) is 100 cm³/mol. The number of piperidine rings is 1. The Morgan fingerprint density at radius 3 is 2.41 bits per heavy atom. The number of carbonyl (C=O) groups is 2. The number of carboxylic acid groups (broad SMARTS) is 1. The van der Waals surface area contributed by atoms with Crippen molar-refractivity contribution in [2.75, 3.05) is 40.3 Å². The number of ether oxygens (including phenoxy) is 1. The van der Waals surface area contributed by atoms with Crippen molar-refractivity contribution in [1.82, 2.24) is 9.80 Å². The third kappa shape index (κ3) is 7.01. The molecule has 1 amide bonds. The Morgan fingerprint density at radius 2 is 1.86 bits per heavy atom. The molecule has 3 rings (SSSR count). The van der Waals surface area contributed by atoms with E-state index >= 15 is 0 Å². The molecule has 2 aliphatic rings. The van der Waals surface area contributed by atoms with Crippen LogP contribution in [-0.4, -0.2) is 79.4 Å². The second kappa shape index (κ2) is 10.1. The average molecular weight is 416 g/mol. The van der Waals surface area contributed by atoms with Crippen LogP contribution in [0, 0.1) is 11.8 Å². The van der Waals surface area contributed by atoms with Gasteiger partial charge in [0.05, 0.1) is 19.1 Å². The zero-order valence-electron chi connectivity index (χ0n) is 16.6. The van der Waals surface area contributed by atoms with Gasteiger partial charge in [-0.05, 0) is 32.0 Å². The molecule has 0 aliphatic carbocycles. The summed E-state index contributed by atoms with van der Waals surface area (Å²) in [7, 11) is 4.16. The molecule has 0 unspecified atom stereocenters. The van der Waals surface area contributed by atoms with Crippen LogP contribution in [0.5, 0.6) is 0 Å². The molecule has 2 fully saturated rings. The number of rotatable bonds is 4. The lowest BCUT2D eigenvalue weighted by molar-refractivity contribution is -0.192. The SMILES string of the molecule is CN(C)C[C@H]1OC[C@@H]2CCN(C(=O)Cc3ccccc3)C[C@@H]21.O=C(O)C(F)(F)F. The van der Waals surface area contributed by atoms with Crippen molar-refractivity contribution < 1.29 is 32.6 Å². The van der Waals surface area contributed by atoms with Crippen LogP contribution in [0.15, 0.2) is 30.3 Å². The van der Waals surface area contributed by atoms with E-state index in [4.69, 9.17) is 14.6 Å². The lowest BCUT2D eigenvalue weighted by atomic mass is 9.84. The monoisotopic (exact) mass is 416 g/mol. The van der Waals surface area contributed by atoms with Crippen LogP contribution >= 0.6 is 0 Å². The van der Waals surface area contributed by atoms with Crippen LogP contribution in [0.3, 0.4) is 0 Å². The van der Waals surface area contributed by atoms with Gasteiger partial charge in [-0.15, -0.1) is 0 Å². The lowest BCUT2D eigenvalue weighted by Crippen LogP contribution is -2.47. The molecule has 29 heavy (non-hydrogen) atoms. The smallest absolute Gasteiger partial charge is 0.475 e. The van der Waals surface area contributed by atoms with E-state index in [9.17, 15) is 18.0 Å². The number of hydrogen-bond donors (Lipinski definition) is 1. The first kappa shape index (κ1) is 23.2. The summed E-state index contributed by atoms with van der Waals surface area (Å²) >= 11 is 0. The topological polar surface area (TPSA) is 70.1 Å². The number of aliphatic carboxylic acids is 1. The molecule has 162 valence electrons. The summed E-state index contributed by atoms with van der Waals surface area (Å²) in [6.07, 6.45) is -3.22. The number of alkyl halides is 3. The standard InChI is InChI=1S/C18H26N2O2.C2HF3O2/c1-19(2)12-17-16-11-20(9-8-15(16)13-22-17)18(21)10-14-6-4-3-5-7-14;3-2(4,5)1(6)7/h3-7,15-17H,8-13H2,1-2H3;(H,6,7)/t15-,16-,17+;/m0./s1. The van der Waals surface area contributed by atoms with Gasteiger partial charge in [-0.1, -0.05) is 30.3 Å². The van der Waals surface area contributed by atoms with Crippen molar-refractivity contribution in [3.8, 4) is 0 Å². The van der Waals surface area contributed by atoms with Crippen LogP contribution in [0.25, 0.3) is 0 Å². The minimum Gasteiger partial charge on any atom is -0.475 e. The summed E-state index contributed by atoms with van der Waals surface area (Å²) in [6, 6.07) is 10.0. The second-order valence-corrected chi connectivity index (χ2v) is 7.65. The Hall–Kier alpha value is -2.13. The molecule has 1 aromatic rings. The second-order valence-electron chi connectivity index (χ2n) is 7.65. The molecular formula is C20H27F3N2O4. The molecule has 2 aliphatic heterocycles. The predicted octanol–water partition coefficient (Wildman–Crippen LogP) is 2.29. The fourth-order valence-corrected chi connectivity index (χ4v) is 3.69. The fraction of sp³-hybridized carbons (Fsp3) is 0.600. The Bertz CT molecular complexity index is 682. The maximum Gasteiger partial charge on any atom is 0.490 e. The third-order valence-electron chi connectivity index (χ3n) is 5.15. The highest BCUT2D eigenvalue weighted by Crippen LogP contribution is 2.34. The number of carboxylic acids is 1. The Labute approximate surface area is 168 Å². The van der Waals surface area contributed by atoms with Gasteiger partial charge in [0.25, 0.3) is 0 Å². The van der Waals surface area contributed by atoms with Crippen LogP contribution in [-0.2, 0) is 20.7 Å². The van der Waals surface area contributed by atoms with E-state index in [0.29, 0.717) is 18.3 Å². The third-order valence-corrected chi connectivity index (χ3v) is 5.15. The summed E-state index contributed by atoms with van der Waals surface area (Å²) in [5, 5.41) is 7.12. The summed E-state index contributed by atoms with van der Waals surface area (Å²) in [6.45, 7) is 3.55. The average Bonchev–Trinajstić information content (AvgIpc) is 3.04. The maximum absolute atomic E-state index is 12.6. The number of fused-ring (bicyclic) bond motifs is 1. The van der Waals surface area contributed by atoms with E-state index in [-0.39, 0.29) is 12.0 Å². The van der Waals surface area contributed by atoms with Gasteiger partial charge in [-0.25, -0.2) is 4.79 Å². The van der Waals surface area contributed by atoms with E-state index in [2.05, 4.69) is 19.0 Å². The summed E-state index contributed by atoms with van der Waals surface area (Å²) in [4.78, 5) is 25.7. The molecule has 2 saturated heterocycles. The van der Waals surface area contributed by atoms with Crippen LogP contribution in [0.2, 0.25) is 0 Å². The van der Waals surface area contributed by atoms with Crippen molar-refractivity contribution in [3.63, 3.8) is 0 Å². The maximum atomic E-state index is 12.6. The minimum atomic E-state index is -5.08. The highest BCUT2D eigenvalue weighted by atomic mass is 19.4. The number of nitrogens with zero attached hydrogens (tertiary/aromatic N) is 2. The van der Waals surface area contributed by atoms with Gasteiger partial charge >= 0.3 is 12.1 Å². The van der Waals surface area contributed by atoms with Crippen molar-refractivity contribution in [3.05, 3.63) is 35.9 Å². The van der Waals surface area contributed by atoms with Crippen LogP contribution in [0.1, 0.15) is 12.0 Å². The Balaban J connectivity index is 0.000000370. The first-order chi connectivity index (χ1) is 13.6. The molecule has 1 N–H and O–H groups in total. The van der Waals surface area contributed by atoms with Crippen molar-refractivity contribution in [2.24, 2.45) is 11.8 Å². The van der Waals surface area contributed by atoms with Crippen molar-refractivity contribution in [2.45, 2.75) is 25.1 Å². The van der Waals surface area contributed by atoms with Crippen molar-refractivity contribution in [1.29, 1.82) is 0 Å². The van der Waals surface area contributed by atoms with Gasteiger partial charge < -0.3 is 19.6 Å². The molecule has 2 heterocycles. The van der Waals surface area contributed by atoms with Gasteiger partial charge in [0, 0.05) is 25.6 Å².